The van der Waals surface area contributed by atoms with Gasteiger partial charge in [-0.25, -0.2) is 0 Å². The molecule has 2 aromatic rings. The number of halogens is 3. The summed E-state index contributed by atoms with van der Waals surface area (Å²) in [6.45, 7) is 0. The summed E-state index contributed by atoms with van der Waals surface area (Å²) in [5.74, 6) is 0.580. The number of benzene rings is 1. The summed E-state index contributed by atoms with van der Waals surface area (Å²) in [7, 11) is 0. The normalized spacial score (nSPS) is 11.0. The Morgan fingerprint density at radius 2 is 2.23 bits per heavy atom. The van der Waals surface area contributed by atoms with Gasteiger partial charge < -0.3 is 0 Å². The predicted octanol–water partition coefficient (Wildman–Crippen LogP) is 5.01. The van der Waals surface area contributed by atoms with Crippen molar-refractivity contribution < 1.29 is 0 Å². The van der Waals surface area contributed by atoms with Crippen molar-refractivity contribution in [3.63, 3.8) is 0 Å². The minimum atomic E-state index is 0.580. The van der Waals surface area contributed by atoms with Crippen molar-refractivity contribution in [1.29, 1.82) is 0 Å². The maximum Gasteiger partial charge on any atom is 0.0484 e. The third kappa shape index (κ3) is 1.89. The van der Waals surface area contributed by atoms with Crippen LogP contribution in [0.5, 0.6) is 0 Å². The maximum atomic E-state index is 5.84. The zero-order valence-corrected chi connectivity index (χ0v) is 11.8. The summed E-state index contributed by atoms with van der Waals surface area (Å²) in [4.78, 5) is 0. The lowest BCUT2D eigenvalue weighted by Crippen LogP contribution is -1.82. The molecule has 1 heterocycles. The highest BCUT2D eigenvalue weighted by atomic mass is 127. The molecule has 0 amide bonds. The molecule has 68 valence electrons. The van der Waals surface area contributed by atoms with Gasteiger partial charge in [0.25, 0.3) is 0 Å². The Bertz CT molecular complexity index is 452. The molecule has 0 N–H and O–H groups in total. The molecule has 0 unspecified atom stereocenters. The molecule has 0 radical (unpaired) electrons. The molecule has 0 aliphatic rings. The summed E-state index contributed by atoms with van der Waals surface area (Å²) in [6.07, 6.45) is 0. The first kappa shape index (κ1) is 10.2. The largest absolute Gasteiger partial charge is 0.143 e. The topological polar surface area (TPSA) is 0 Å². The first-order chi connectivity index (χ1) is 6.22. The lowest BCUT2D eigenvalue weighted by molar-refractivity contribution is 1.39. The van der Waals surface area contributed by atoms with Gasteiger partial charge in [-0.05, 0) is 56.2 Å². The summed E-state index contributed by atoms with van der Waals surface area (Å²) < 4.78 is 3.72. The molecule has 4 heteroatoms. The van der Waals surface area contributed by atoms with Crippen molar-refractivity contribution in [2.24, 2.45) is 0 Å². The highest BCUT2D eigenvalue weighted by Crippen LogP contribution is 2.33. The molecule has 0 saturated heterocycles. The number of hydrogen-bond donors (Lipinski definition) is 0. The third-order valence-electron chi connectivity index (χ3n) is 1.84. The highest BCUT2D eigenvalue weighted by Gasteiger charge is 2.05. The van der Waals surface area contributed by atoms with E-state index >= 15 is 0 Å². The van der Waals surface area contributed by atoms with Crippen LogP contribution in [0, 0.1) is 3.57 Å². The summed E-state index contributed by atoms with van der Waals surface area (Å²) >= 11 is 13.4. The van der Waals surface area contributed by atoms with Gasteiger partial charge in [-0.1, -0.05) is 0 Å². The van der Waals surface area contributed by atoms with E-state index in [-0.39, 0.29) is 0 Å². The smallest absolute Gasteiger partial charge is 0.0484 e. The summed E-state index contributed by atoms with van der Waals surface area (Å²) in [5.41, 5.74) is 1.20. The van der Waals surface area contributed by atoms with Crippen molar-refractivity contribution in [2.45, 2.75) is 5.88 Å². The molecule has 0 saturated carbocycles. The summed E-state index contributed by atoms with van der Waals surface area (Å²) in [5, 5.41) is 3.37. The first-order valence-corrected chi connectivity index (χ1v) is 6.92. The number of fused-ring (bicyclic) bond motifs is 1. The van der Waals surface area contributed by atoms with E-state index in [1.807, 2.05) is 0 Å². The van der Waals surface area contributed by atoms with Crippen LogP contribution >= 0.6 is 61.5 Å². The second-order valence-corrected chi connectivity index (χ2v) is 5.85. The first-order valence-electron chi connectivity index (χ1n) is 3.63. The van der Waals surface area contributed by atoms with Gasteiger partial charge in [0, 0.05) is 29.4 Å². The molecule has 2 rings (SSSR count). The van der Waals surface area contributed by atoms with Gasteiger partial charge in [-0.3, -0.25) is 0 Å². The third-order valence-corrected chi connectivity index (χ3v) is 5.04. The number of rotatable bonds is 1. The summed E-state index contributed by atoms with van der Waals surface area (Å²) in [6, 6.07) is 4.34. The minimum Gasteiger partial charge on any atom is -0.143 e. The SMILES string of the molecule is ClCc1cc2c(Br)csc2cc1I. The van der Waals surface area contributed by atoms with Crippen molar-refractivity contribution in [2.75, 3.05) is 0 Å². The van der Waals surface area contributed by atoms with E-state index < -0.39 is 0 Å². The lowest BCUT2D eigenvalue weighted by Gasteiger charge is -2.00. The van der Waals surface area contributed by atoms with Crippen LogP contribution in [0.3, 0.4) is 0 Å². The van der Waals surface area contributed by atoms with E-state index in [4.69, 9.17) is 11.6 Å². The molecular weight excluding hydrogens is 382 g/mol. The molecule has 0 nitrogen and oxygen atoms in total. The van der Waals surface area contributed by atoms with E-state index in [9.17, 15) is 0 Å². The van der Waals surface area contributed by atoms with Gasteiger partial charge in [0.15, 0.2) is 0 Å². The Labute approximate surface area is 108 Å². The quantitative estimate of drug-likeness (QED) is 0.477. The number of thiophene rings is 1. The minimum absolute atomic E-state index is 0.580. The zero-order chi connectivity index (χ0) is 9.42. The second-order valence-electron chi connectivity index (χ2n) is 2.66. The van der Waals surface area contributed by atoms with Gasteiger partial charge in [0.2, 0.25) is 0 Å². The standard InChI is InChI=1S/C9H5BrClIS/c10-7-4-13-9-2-8(12)5(3-11)1-6(7)9/h1-2,4H,3H2. The molecule has 0 fully saturated rings. The number of alkyl halides is 1. The molecular formula is C9H5BrClIS. The van der Waals surface area contributed by atoms with Crippen molar-refractivity contribution in [3.05, 3.63) is 31.1 Å². The fourth-order valence-corrected chi connectivity index (χ4v) is 4.06. The molecule has 1 aromatic carbocycles. The Hall–Kier alpha value is 0.680. The Balaban J connectivity index is 2.77. The van der Waals surface area contributed by atoms with Crippen molar-refractivity contribution in [1.82, 2.24) is 0 Å². The lowest BCUT2D eigenvalue weighted by atomic mass is 10.2. The van der Waals surface area contributed by atoms with Gasteiger partial charge in [0.05, 0.1) is 0 Å². The Morgan fingerprint density at radius 1 is 1.46 bits per heavy atom. The zero-order valence-electron chi connectivity index (χ0n) is 6.48. The molecule has 0 bridgehead atoms. The maximum absolute atomic E-state index is 5.84. The van der Waals surface area contributed by atoms with E-state index in [1.165, 1.54) is 19.2 Å². The van der Waals surface area contributed by atoms with Crippen LogP contribution in [0.4, 0.5) is 0 Å². The number of hydrogen-bond acceptors (Lipinski definition) is 1. The van der Waals surface area contributed by atoms with Crippen molar-refractivity contribution >= 4 is 71.5 Å². The fraction of sp³-hybridized carbons (Fsp3) is 0.111. The Kier molecular flexibility index (Phi) is 3.18. The molecule has 0 aliphatic carbocycles. The molecule has 13 heavy (non-hydrogen) atoms. The average Bonchev–Trinajstić information content (AvgIpc) is 2.46. The molecule has 1 aromatic heterocycles. The fourth-order valence-electron chi connectivity index (χ4n) is 1.17. The highest BCUT2D eigenvalue weighted by molar-refractivity contribution is 14.1. The van der Waals surface area contributed by atoms with E-state index in [1.54, 1.807) is 11.3 Å². The molecule has 0 atom stereocenters. The predicted molar refractivity (Wildman–Crippen MR) is 71.8 cm³/mol. The van der Waals surface area contributed by atoms with Crippen LogP contribution in [-0.2, 0) is 5.88 Å². The van der Waals surface area contributed by atoms with Crippen LogP contribution < -0.4 is 0 Å². The average molecular weight is 387 g/mol. The molecule has 0 aliphatic heterocycles. The monoisotopic (exact) mass is 386 g/mol. The van der Waals surface area contributed by atoms with Crippen LogP contribution in [0.25, 0.3) is 10.1 Å². The van der Waals surface area contributed by atoms with E-state index in [2.05, 4.69) is 56.0 Å². The van der Waals surface area contributed by atoms with Crippen LogP contribution in [-0.4, -0.2) is 0 Å². The second kappa shape index (κ2) is 4.04. The van der Waals surface area contributed by atoms with Crippen molar-refractivity contribution in [3.8, 4) is 0 Å². The van der Waals surface area contributed by atoms with Gasteiger partial charge in [0.1, 0.15) is 0 Å². The van der Waals surface area contributed by atoms with E-state index in [0.717, 1.165) is 4.47 Å². The van der Waals surface area contributed by atoms with E-state index in [0.29, 0.717) is 5.88 Å². The Morgan fingerprint density at radius 3 is 2.92 bits per heavy atom. The van der Waals surface area contributed by atoms with Crippen LogP contribution in [0.2, 0.25) is 0 Å². The molecule has 0 spiro atoms. The van der Waals surface area contributed by atoms with Crippen LogP contribution in [0.15, 0.2) is 22.0 Å². The van der Waals surface area contributed by atoms with Gasteiger partial charge >= 0.3 is 0 Å². The van der Waals surface area contributed by atoms with Gasteiger partial charge in [-0.15, -0.1) is 22.9 Å². The van der Waals surface area contributed by atoms with Gasteiger partial charge in [-0.2, -0.15) is 0 Å². The van der Waals surface area contributed by atoms with Crippen LogP contribution in [0.1, 0.15) is 5.56 Å².